The lowest BCUT2D eigenvalue weighted by Gasteiger charge is -2.21. The topological polar surface area (TPSA) is 49.4 Å². The van der Waals surface area contributed by atoms with Gasteiger partial charge >= 0.3 is 0 Å². The molecule has 0 saturated carbocycles. The van der Waals surface area contributed by atoms with Crippen LogP contribution in [0.5, 0.6) is 0 Å². The number of carbonyl (C=O) groups excluding carboxylic acids is 2. The van der Waals surface area contributed by atoms with E-state index in [-0.39, 0.29) is 11.7 Å². The Hall–Kier alpha value is -2.92. The normalized spacial score (nSPS) is 10.4. The monoisotopic (exact) mass is 450 g/mol. The minimum atomic E-state index is -0.250. The van der Waals surface area contributed by atoms with E-state index in [4.69, 9.17) is 0 Å². The van der Waals surface area contributed by atoms with Gasteiger partial charge in [-0.05, 0) is 56.3 Å². The predicted molar refractivity (Wildman–Crippen MR) is 122 cm³/mol. The molecular weight excluding hydrogens is 428 g/mol. The molecule has 0 aromatic heterocycles. The highest BCUT2D eigenvalue weighted by Gasteiger charge is 2.17. The molecule has 0 aliphatic rings. The standard InChI is InChI=1S/C24H23BrN2O2/c1-3-27(4-2)20-13-10-18(11-14-20)24(29)26-22-15-12-19(25)16-21(22)23(28)17-8-6-5-7-9-17/h5-16H,3-4H2,1-2H3,(H,26,29). The minimum absolute atomic E-state index is 0.140. The van der Waals surface area contributed by atoms with Crippen LogP contribution in [0.4, 0.5) is 11.4 Å². The van der Waals surface area contributed by atoms with E-state index in [1.54, 1.807) is 42.5 Å². The lowest BCUT2D eigenvalue weighted by atomic mass is 10.0. The van der Waals surface area contributed by atoms with Gasteiger partial charge in [0.15, 0.2) is 5.78 Å². The maximum atomic E-state index is 12.9. The summed E-state index contributed by atoms with van der Waals surface area (Å²) < 4.78 is 0.776. The molecule has 1 amide bonds. The number of nitrogens with zero attached hydrogens (tertiary/aromatic N) is 1. The molecular formula is C24H23BrN2O2. The van der Waals surface area contributed by atoms with E-state index < -0.39 is 0 Å². The molecule has 0 unspecified atom stereocenters. The van der Waals surface area contributed by atoms with Crippen molar-refractivity contribution in [1.82, 2.24) is 0 Å². The molecule has 0 atom stereocenters. The number of anilines is 2. The first kappa shape index (κ1) is 20.8. The van der Waals surface area contributed by atoms with E-state index in [0.717, 1.165) is 23.2 Å². The van der Waals surface area contributed by atoms with E-state index >= 15 is 0 Å². The van der Waals surface area contributed by atoms with Gasteiger partial charge in [-0.25, -0.2) is 0 Å². The van der Waals surface area contributed by atoms with Gasteiger partial charge in [0, 0.05) is 39.9 Å². The van der Waals surface area contributed by atoms with Crippen LogP contribution in [-0.2, 0) is 0 Å². The van der Waals surface area contributed by atoms with Crippen molar-refractivity contribution in [3.63, 3.8) is 0 Å². The number of nitrogens with one attached hydrogen (secondary N) is 1. The third-order valence-corrected chi connectivity index (χ3v) is 5.26. The molecule has 0 aliphatic carbocycles. The quantitative estimate of drug-likeness (QED) is 0.464. The number of carbonyl (C=O) groups is 2. The molecule has 3 aromatic rings. The Morgan fingerprint density at radius 2 is 1.52 bits per heavy atom. The van der Waals surface area contributed by atoms with Gasteiger partial charge in [0.1, 0.15) is 0 Å². The zero-order chi connectivity index (χ0) is 20.8. The van der Waals surface area contributed by atoms with Crippen molar-refractivity contribution < 1.29 is 9.59 Å². The van der Waals surface area contributed by atoms with Crippen LogP contribution < -0.4 is 10.2 Å². The molecule has 0 saturated heterocycles. The average molecular weight is 451 g/mol. The van der Waals surface area contributed by atoms with Crippen LogP contribution in [0.3, 0.4) is 0 Å². The fraction of sp³-hybridized carbons (Fsp3) is 0.167. The zero-order valence-corrected chi connectivity index (χ0v) is 18.1. The number of benzene rings is 3. The van der Waals surface area contributed by atoms with Crippen molar-refractivity contribution in [2.75, 3.05) is 23.3 Å². The van der Waals surface area contributed by atoms with Crippen LogP contribution in [0.1, 0.15) is 40.1 Å². The summed E-state index contributed by atoms with van der Waals surface area (Å²) in [6, 6.07) is 21.8. The molecule has 5 heteroatoms. The van der Waals surface area contributed by atoms with E-state index in [0.29, 0.717) is 22.4 Å². The van der Waals surface area contributed by atoms with Crippen molar-refractivity contribution in [2.24, 2.45) is 0 Å². The van der Waals surface area contributed by atoms with Crippen LogP contribution in [0.15, 0.2) is 77.3 Å². The molecule has 0 spiro atoms. The highest BCUT2D eigenvalue weighted by atomic mass is 79.9. The van der Waals surface area contributed by atoms with Crippen molar-refractivity contribution in [1.29, 1.82) is 0 Å². The third-order valence-electron chi connectivity index (χ3n) is 4.77. The largest absolute Gasteiger partial charge is 0.372 e. The second kappa shape index (κ2) is 9.52. The summed E-state index contributed by atoms with van der Waals surface area (Å²) in [6.45, 7) is 6.02. The number of rotatable bonds is 7. The highest BCUT2D eigenvalue weighted by Crippen LogP contribution is 2.25. The number of ketones is 1. The zero-order valence-electron chi connectivity index (χ0n) is 16.5. The lowest BCUT2D eigenvalue weighted by molar-refractivity contribution is 0.102. The number of hydrogen-bond acceptors (Lipinski definition) is 3. The van der Waals surface area contributed by atoms with Gasteiger partial charge in [0.25, 0.3) is 5.91 Å². The van der Waals surface area contributed by atoms with Gasteiger partial charge in [0.05, 0.1) is 5.69 Å². The summed E-state index contributed by atoms with van der Waals surface area (Å²) in [5.74, 6) is -0.389. The Morgan fingerprint density at radius 3 is 2.14 bits per heavy atom. The van der Waals surface area contributed by atoms with Gasteiger partial charge in [-0.3, -0.25) is 9.59 Å². The van der Waals surface area contributed by atoms with Crippen molar-refractivity contribution >= 4 is 39.0 Å². The maximum absolute atomic E-state index is 12.9. The van der Waals surface area contributed by atoms with Gasteiger partial charge in [-0.15, -0.1) is 0 Å². The van der Waals surface area contributed by atoms with Crippen molar-refractivity contribution in [3.05, 3.63) is 94.0 Å². The fourth-order valence-electron chi connectivity index (χ4n) is 3.17. The van der Waals surface area contributed by atoms with E-state index in [2.05, 4.69) is 40.0 Å². The molecule has 29 heavy (non-hydrogen) atoms. The van der Waals surface area contributed by atoms with E-state index in [1.807, 2.05) is 30.3 Å². The molecule has 148 valence electrons. The summed E-state index contributed by atoms with van der Waals surface area (Å²) in [6.07, 6.45) is 0. The summed E-state index contributed by atoms with van der Waals surface area (Å²) >= 11 is 3.41. The highest BCUT2D eigenvalue weighted by molar-refractivity contribution is 9.10. The third kappa shape index (κ3) is 4.93. The molecule has 0 aliphatic heterocycles. The number of hydrogen-bond donors (Lipinski definition) is 1. The van der Waals surface area contributed by atoms with E-state index in [9.17, 15) is 9.59 Å². The molecule has 0 fully saturated rings. The van der Waals surface area contributed by atoms with E-state index in [1.165, 1.54) is 0 Å². The summed E-state index contributed by atoms with van der Waals surface area (Å²) in [5.41, 5.74) is 3.13. The molecule has 4 nitrogen and oxygen atoms in total. The predicted octanol–water partition coefficient (Wildman–Crippen LogP) is 5.78. The summed E-state index contributed by atoms with van der Waals surface area (Å²) in [7, 11) is 0. The molecule has 0 bridgehead atoms. The van der Waals surface area contributed by atoms with Crippen molar-refractivity contribution in [2.45, 2.75) is 13.8 Å². The second-order valence-corrected chi connectivity index (χ2v) is 7.47. The molecule has 1 N–H and O–H groups in total. The Morgan fingerprint density at radius 1 is 0.862 bits per heavy atom. The van der Waals surface area contributed by atoms with Gasteiger partial charge < -0.3 is 10.2 Å². The smallest absolute Gasteiger partial charge is 0.255 e. The average Bonchev–Trinajstić information content (AvgIpc) is 2.76. The lowest BCUT2D eigenvalue weighted by Crippen LogP contribution is -2.22. The number of amides is 1. The molecule has 3 aromatic carbocycles. The SMILES string of the molecule is CCN(CC)c1ccc(C(=O)Nc2ccc(Br)cc2C(=O)c2ccccc2)cc1. The van der Waals surface area contributed by atoms with Crippen LogP contribution >= 0.6 is 15.9 Å². The Bertz CT molecular complexity index is 997. The second-order valence-electron chi connectivity index (χ2n) is 6.56. The molecule has 3 rings (SSSR count). The van der Waals surface area contributed by atoms with Crippen LogP contribution in [0.2, 0.25) is 0 Å². The van der Waals surface area contributed by atoms with Crippen LogP contribution in [0.25, 0.3) is 0 Å². The van der Waals surface area contributed by atoms with Crippen LogP contribution in [-0.4, -0.2) is 24.8 Å². The summed E-state index contributed by atoms with van der Waals surface area (Å²) in [4.78, 5) is 27.9. The first-order valence-electron chi connectivity index (χ1n) is 9.59. The molecule has 0 heterocycles. The summed E-state index contributed by atoms with van der Waals surface area (Å²) in [5, 5.41) is 2.89. The Balaban J connectivity index is 1.85. The first-order chi connectivity index (χ1) is 14.0. The Labute approximate surface area is 179 Å². The van der Waals surface area contributed by atoms with Crippen molar-refractivity contribution in [3.8, 4) is 0 Å². The van der Waals surface area contributed by atoms with Gasteiger partial charge in [0.2, 0.25) is 0 Å². The maximum Gasteiger partial charge on any atom is 0.255 e. The fourth-order valence-corrected chi connectivity index (χ4v) is 3.53. The van der Waals surface area contributed by atoms with Crippen LogP contribution in [0, 0.1) is 0 Å². The van der Waals surface area contributed by atoms with Gasteiger partial charge in [-0.1, -0.05) is 46.3 Å². The Kier molecular flexibility index (Phi) is 6.83. The minimum Gasteiger partial charge on any atom is -0.372 e. The van der Waals surface area contributed by atoms with Gasteiger partial charge in [-0.2, -0.15) is 0 Å². The first-order valence-corrected chi connectivity index (χ1v) is 10.4. The molecule has 0 radical (unpaired) electrons. The number of halogens is 1.